The normalized spacial score (nSPS) is 10.9. The minimum Gasteiger partial charge on any atom is -0.497 e. The highest BCUT2D eigenvalue weighted by Gasteiger charge is 2.13. The minimum absolute atomic E-state index is 0.193. The van der Waals surface area contributed by atoms with Crippen LogP contribution in [0.4, 0.5) is 0 Å². The van der Waals surface area contributed by atoms with E-state index in [2.05, 4.69) is 10.4 Å². The fourth-order valence-corrected chi connectivity index (χ4v) is 3.12. The number of benzene rings is 2. The van der Waals surface area contributed by atoms with Gasteiger partial charge in [-0.05, 0) is 50.3 Å². The standard InChI is InChI=1S/C23H25N3O3/c1-16-21(17(2)26(25-16)19-8-6-5-7-9-19)15-24-23(27)13-10-18-14-20(28-3)11-12-22(18)29-4/h5-14H,15H2,1-4H3,(H,24,27)/b13-10+. The molecule has 0 spiro atoms. The van der Waals surface area contributed by atoms with Crippen molar-refractivity contribution in [3.63, 3.8) is 0 Å². The van der Waals surface area contributed by atoms with Crippen molar-refractivity contribution in [2.45, 2.75) is 20.4 Å². The Morgan fingerprint density at radius 1 is 1.10 bits per heavy atom. The predicted molar refractivity (Wildman–Crippen MR) is 113 cm³/mol. The molecule has 0 radical (unpaired) electrons. The SMILES string of the molecule is COc1ccc(OC)c(/C=C/C(=O)NCc2c(C)nn(-c3ccccc3)c2C)c1. The third-order valence-corrected chi connectivity index (χ3v) is 4.73. The number of aryl methyl sites for hydroxylation is 1. The van der Waals surface area contributed by atoms with Gasteiger partial charge in [0.2, 0.25) is 5.91 Å². The average Bonchev–Trinajstić information content (AvgIpc) is 3.04. The monoisotopic (exact) mass is 391 g/mol. The molecule has 0 aliphatic heterocycles. The Morgan fingerprint density at radius 3 is 2.55 bits per heavy atom. The summed E-state index contributed by atoms with van der Waals surface area (Å²) in [4.78, 5) is 12.3. The Balaban J connectivity index is 1.70. The van der Waals surface area contributed by atoms with Crippen LogP contribution in [0.3, 0.4) is 0 Å². The highest BCUT2D eigenvalue weighted by molar-refractivity contribution is 5.92. The number of amides is 1. The summed E-state index contributed by atoms with van der Waals surface area (Å²) in [6, 6.07) is 15.4. The highest BCUT2D eigenvalue weighted by Crippen LogP contribution is 2.25. The van der Waals surface area contributed by atoms with Gasteiger partial charge in [0.05, 0.1) is 25.6 Å². The Morgan fingerprint density at radius 2 is 1.86 bits per heavy atom. The van der Waals surface area contributed by atoms with Crippen LogP contribution >= 0.6 is 0 Å². The molecule has 2 aromatic carbocycles. The topological polar surface area (TPSA) is 65.4 Å². The second-order valence-corrected chi connectivity index (χ2v) is 6.56. The van der Waals surface area contributed by atoms with Gasteiger partial charge in [0.25, 0.3) is 0 Å². The molecule has 1 heterocycles. The molecule has 150 valence electrons. The summed E-state index contributed by atoms with van der Waals surface area (Å²) < 4.78 is 12.5. The number of aromatic nitrogens is 2. The van der Waals surface area contributed by atoms with Crippen LogP contribution in [0.2, 0.25) is 0 Å². The molecule has 1 amide bonds. The predicted octanol–water partition coefficient (Wildman–Crippen LogP) is 3.84. The molecule has 0 saturated carbocycles. The van der Waals surface area contributed by atoms with Crippen molar-refractivity contribution in [3.05, 3.63) is 77.1 Å². The largest absolute Gasteiger partial charge is 0.497 e. The first kappa shape index (κ1) is 20.2. The molecule has 3 aromatic rings. The van der Waals surface area contributed by atoms with E-state index in [0.717, 1.165) is 28.2 Å². The van der Waals surface area contributed by atoms with Gasteiger partial charge in [-0.2, -0.15) is 5.10 Å². The highest BCUT2D eigenvalue weighted by atomic mass is 16.5. The number of hydrogen-bond donors (Lipinski definition) is 1. The maximum Gasteiger partial charge on any atom is 0.244 e. The molecule has 0 aliphatic carbocycles. The Labute approximate surface area is 170 Å². The zero-order valence-corrected chi connectivity index (χ0v) is 17.1. The Hall–Kier alpha value is -3.54. The molecule has 0 fully saturated rings. The molecule has 1 aromatic heterocycles. The maximum atomic E-state index is 12.3. The molecule has 6 heteroatoms. The summed E-state index contributed by atoms with van der Waals surface area (Å²) in [7, 11) is 3.19. The number of carbonyl (C=O) groups excluding carboxylic acids is 1. The lowest BCUT2D eigenvalue weighted by atomic mass is 10.1. The quantitative estimate of drug-likeness (QED) is 0.622. The van der Waals surface area contributed by atoms with Crippen molar-refractivity contribution in [1.82, 2.24) is 15.1 Å². The van der Waals surface area contributed by atoms with Crippen molar-refractivity contribution in [2.24, 2.45) is 0 Å². The number of nitrogens with one attached hydrogen (secondary N) is 1. The number of rotatable bonds is 7. The summed E-state index contributed by atoms with van der Waals surface area (Å²) in [5.41, 5.74) is 4.68. The number of ether oxygens (including phenoxy) is 2. The number of carbonyl (C=O) groups is 1. The van der Waals surface area contributed by atoms with Crippen LogP contribution < -0.4 is 14.8 Å². The van der Waals surface area contributed by atoms with E-state index in [1.54, 1.807) is 26.4 Å². The molecule has 0 saturated heterocycles. The van der Waals surface area contributed by atoms with Gasteiger partial charge in [-0.3, -0.25) is 4.79 Å². The zero-order valence-electron chi connectivity index (χ0n) is 17.1. The molecular weight excluding hydrogens is 366 g/mol. The van der Waals surface area contributed by atoms with Gasteiger partial charge in [0.1, 0.15) is 11.5 Å². The number of methoxy groups -OCH3 is 2. The van der Waals surface area contributed by atoms with Crippen molar-refractivity contribution >= 4 is 12.0 Å². The summed E-state index contributed by atoms with van der Waals surface area (Å²) in [5, 5.41) is 7.54. The first-order valence-corrected chi connectivity index (χ1v) is 9.32. The third kappa shape index (κ3) is 4.66. The van der Waals surface area contributed by atoms with Crippen LogP contribution in [0.5, 0.6) is 11.5 Å². The zero-order chi connectivity index (χ0) is 20.8. The molecular formula is C23H25N3O3. The van der Waals surface area contributed by atoms with Gasteiger partial charge in [-0.15, -0.1) is 0 Å². The van der Waals surface area contributed by atoms with E-state index in [1.807, 2.05) is 61.0 Å². The van der Waals surface area contributed by atoms with Gasteiger partial charge < -0.3 is 14.8 Å². The summed E-state index contributed by atoms with van der Waals surface area (Å²) >= 11 is 0. The van der Waals surface area contributed by atoms with Gasteiger partial charge in [0, 0.05) is 29.4 Å². The molecule has 1 N–H and O–H groups in total. The van der Waals surface area contributed by atoms with Crippen LogP contribution in [0.1, 0.15) is 22.5 Å². The van der Waals surface area contributed by atoms with E-state index in [1.165, 1.54) is 6.08 Å². The Bertz CT molecular complexity index is 1020. The molecule has 0 unspecified atom stereocenters. The molecule has 0 atom stereocenters. The van der Waals surface area contributed by atoms with Gasteiger partial charge in [-0.1, -0.05) is 18.2 Å². The van der Waals surface area contributed by atoms with Crippen molar-refractivity contribution in [1.29, 1.82) is 0 Å². The fourth-order valence-electron chi connectivity index (χ4n) is 3.12. The second-order valence-electron chi connectivity index (χ2n) is 6.56. The molecule has 3 rings (SSSR count). The lowest BCUT2D eigenvalue weighted by molar-refractivity contribution is -0.116. The van der Waals surface area contributed by atoms with E-state index in [9.17, 15) is 4.79 Å². The van der Waals surface area contributed by atoms with Crippen LogP contribution in [0.25, 0.3) is 11.8 Å². The second kappa shape index (κ2) is 9.10. The number of nitrogens with zero attached hydrogens (tertiary/aromatic N) is 2. The van der Waals surface area contributed by atoms with E-state index < -0.39 is 0 Å². The van der Waals surface area contributed by atoms with Gasteiger partial charge >= 0.3 is 0 Å². The van der Waals surface area contributed by atoms with Crippen molar-refractivity contribution in [3.8, 4) is 17.2 Å². The van der Waals surface area contributed by atoms with Gasteiger partial charge in [0.15, 0.2) is 0 Å². The molecule has 6 nitrogen and oxygen atoms in total. The third-order valence-electron chi connectivity index (χ3n) is 4.73. The lowest BCUT2D eigenvalue weighted by Gasteiger charge is -2.07. The molecule has 29 heavy (non-hydrogen) atoms. The minimum atomic E-state index is -0.193. The van der Waals surface area contributed by atoms with Crippen LogP contribution in [-0.2, 0) is 11.3 Å². The van der Waals surface area contributed by atoms with E-state index in [4.69, 9.17) is 9.47 Å². The van der Waals surface area contributed by atoms with Crippen LogP contribution in [0, 0.1) is 13.8 Å². The number of para-hydroxylation sites is 1. The smallest absolute Gasteiger partial charge is 0.244 e. The summed E-state index contributed by atoms with van der Waals surface area (Å²) in [5.74, 6) is 1.18. The van der Waals surface area contributed by atoms with Crippen LogP contribution in [0.15, 0.2) is 54.6 Å². The maximum absolute atomic E-state index is 12.3. The van der Waals surface area contributed by atoms with Gasteiger partial charge in [-0.25, -0.2) is 4.68 Å². The van der Waals surface area contributed by atoms with Crippen molar-refractivity contribution < 1.29 is 14.3 Å². The molecule has 0 aliphatic rings. The van der Waals surface area contributed by atoms with Crippen LogP contribution in [-0.4, -0.2) is 29.9 Å². The van der Waals surface area contributed by atoms with E-state index >= 15 is 0 Å². The first-order chi connectivity index (χ1) is 14.0. The lowest BCUT2D eigenvalue weighted by Crippen LogP contribution is -2.21. The molecule has 0 bridgehead atoms. The first-order valence-electron chi connectivity index (χ1n) is 9.32. The van der Waals surface area contributed by atoms with E-state index in [-0.39, 0.29) is 5.91 Å². The fraction of sp³-hybridized carbons (Fsp3) is 0.217. The Kier molecular flexibility index (Phi) is 6.34. The summed E-state index contributed by atoms with van der Waals surface area (Å²) in [6.45, 7) is 4.36. The summed E-state index contributed by atoms with van der Waals surface area (Å²) in [6.07, 6.45) is 3.20. The van der Waals surface area contributed by atoms with Crippen molar-refractivity contribution in [2.75, 3.05) is 14.2 Å². The average molecular weight is 391 g/mol. The number of hydrogen-bond acceptors (Lipinski definition) is 4. The van der Waals surface area contributed by atoms with E-state index in [0.29, 0.717) is 18.0 Å².